The van der Waals surface area contributed by atoms with Crippen molar-refractivity contribution in [3.63, 3.8) is 0 Å². The Labute approximate surface area is 275 Å². The molecule has 2 nitrogen and oxygen atoms in total. The average Bonchev–Trinajstić information content (AvgIpc) is 3.38. The number of aromatic nitrogens is 2. The maximum atomic E-state index is 5.18. The van der Waals surface area contributed by atoms with Crippen molar-refractivity contribution >= 4 is 21.5 Å². The molecule has 7 aromatic carbocycles. The molecule has 0 atom stereocenters. The summed E-state index contributed by atoms with van der Waals surface area (Å²) in [5, 5.41) is 5.02. The minimum atomic E-state index is -0.163. The van der Waals surface area contributed by atoms with Crippen LogP contribution in [0.3, 0.4) is 0 Å². The maximum Gasteiger partial charge on any atom is 0.160 e. The highest BCUT2D eigenvalue weighted by molar-refractivity contribution is 6.07. The smallest absolute Gasteiger partial charge is 0.160 e. The third-order valence-corrected chi connectivity index (χ3v) is 9.85. The summed E-state index contributed by atoms with van der Waals surface area (Å²) in [6.45, 7) is 4.78. The molecule has 9 rings (SSSR count). The maximum absolute atomic E-state index is 5.18. The molecule has 0 saturated carbocycles. The van der Waals surface area contributed by atoms with Crippen LogP contribution in [0.2, 0.25) is 0 Å². The monoisotopic (exact) mass is 600 g/mol. The van der Waals surface area contributed by atoms with Crippen LogP contribution in [-0.2, 0) is 5.41 Å². The molecule has 1 aliphatic rings. The highest BCUT2D eigenvalue weighted by Gasteiger charge is 2.39. The Bertz CT molecular complexity index is 2420. The molecule has 0 unspecified atom stereocenters. The molecule has 47 heavy (non-hydrogen) atoms. The fourth-order valence-electron chi connectivity index (χ4n) is 7.78. The molecule has 222 valence electrons. The van der Waals surface area contributed by atoms with Crippen molar-refractivity contribution in [3.8, 4) is 56.2 Å². The zero-order valence-electron chi connectivity index (χ0n) is 26.4. The molecule has 1 aromatic heterocycles. The molecule has 0 saturated heterocycles. The van der Waals surface area contributed by atoms with Crippen LogP contribution in [0.4, 0.5) is 0 Å². The Morgan fingerprint density at radius 2 is 0.915 bits per heavy atom. The van der Waals surface area contributed by atoms with E-state index in [-0.39, 0.29) is 5.41 Å². The largest absolute Gasteiger partial charge is 0.228 e. The van der Waals surface area contributed by atoms with Crippen LogP contribution >= 0.6 is 0 Å². The molecule has 0 bridgehead atoms. The molecule has 8 aromatic rings. The van der Waals surface area contributed by atoms with Crippen LogP contribution in [0.5, 0.6) is 0 Å². The van der Waals surface area contributed by atoms with Crippen molar-refractivity contribution in [3.05, 3.63) is 169 Å². The van der Waals surface area contributed by atoms with E-state index in [2.05, 4.69) is 147 Å². The van der Waals surface area contributed by atoms with E-state index in [4.69, 9.17) is 9.97 Å². The summed E-state index contributed by atoms with van der Waals surface area (Å²) < 4.78 is 0. The summed E-state index contributed by atoms with van der Waals surface area (Å²) in [6, 6.07) is 56.3. The van der Waals surface area contributed by atoms with Gasteiger partial charge in [0.1, 0.15) is 0 Å². The molecule has 1 heterocycles. The predicted molar refractivity (Wildman–Crippen MR) is 196 cm³/mol. The normalized spacial score (nSPS) is 13.1. The minimum Gasteiger partial charge on any atom is -0.228 e. The van der Waals surface area contributed by atoms with E-state index in [0.29, 0.717) is 0 Å². The van der Waals surface area contributed by atoms with Crippen molar-refractivity contribution in [2.75, 3.05) is 0 Å². The van der Waals surface area contributed by atoms with E-state index in [1.54, 1.807) is 0 Å². The lowest BCUT2D eigenvalue weighted by molar-refractivity contribution is 0.668. The Hall–Kier alpha value is -5.86. The van der Waals surface area contributed by atoms with E-state index in [1.807, 2.05) is 24.3 Å². The number of hydrogen-bond donors (Lipinski definition) is 0. The Balaban J connectivity index is 1.26. The van der Waals surface area contributed by atoms with Gasteiger partial charge in [-0.05, 0) is 61.0 Å². The second-order valence-electron chi connectivity index (χ2n) is 13.0. The summed E-state index contributed by atoms with van der Waals surface area (Å²) in [6.07, 6.45) is 0. The van der Waals surface area contributed by atoms with Gasteiger partial charge in [-0.1, -0.05) is 166 Å². The lowest BCUT2D eigenvalue weighted by Gasteiger charge is -2.26. The van der Waals surface area contributed by atoms with Gasteiger partial charge in [-0.25, -0.2) is 9.97 Å². The second kappa shape index (κ2) is 10.6. The van der Waals surface area contributed by atoms with Gasteiger partial charge in [-0.2, -0.15) is 0 Å². The van der Waals surface area contributed by atoms with Gasteiger partial charge < -0.3 is 0 Å². The lowest BCUT2D eigenvalue weighted by Crippen LogP contribution is -2.17. The molecule has 0 N–H and O–H groups in total. The fraction of sp³-hybridized carbons (Fsp3) is 0.0667. The number of fused-ring (bicyclic) bond motifs is 6. The summed E-state index contributed by atoms with van der Waals surface area (Å²) in [7, 11) is 0. The first-order chi connectivity index (χ1) is 23.1. The topological polar surface area (TPSA) is 25.8 Å². The lowest BCUT2D eigenvalue weighted by atomic mass is 9.77. The standard InChI is InChI=1S/C45H32N2/c1-45(2)42-32-19-10-9-14-29(32)24-25-39(42)38-23-13-22-37(43(38)45)35-26-27-36(34-21-12-11-20-33(34)35)41-28-40(30-15-5-3-6-16-30)46-44(47-41)31-17-7-4-8-18-31/h3-28H,1-2H3. The number of hydrogen-bond acceptors (Lipinski definition) is 2. The van der Waals surface area contributed by atoms with Crippen LogP contribution in [0, 0.1) is 0 Å². The Morgan fingerprint density at radius 1 is 0.383 bits per heavy atom. The fourth-order valence-corrected chi connectivity index (χ4v) is 7.78. The quantitative estimate of drug-likeness (QED) is 0.201. The van der Waals surface area contributed by atoms with E-state index >= 15 is 0 Å². The third-order valence-electron chi connectivity index (χ3n) is 9.85. The SMILES string of the molecule is CC1(C)c2c(cccc2-c2ccc(-c3cc(-c4ccccc4)nc(-c4ccccc4)n3)c3ccccc23)-c2ccc3ccccc3c21. The van der Waals surface area contributed by atoms with Crippen LogP contribution < -0.4 is 0 Å². The van der Waals surface area contributed by atoms with E-state index < -0.39 is 0 Å². The van der Waals surface area contributed by atoms with Crippen LogP contribution in [0.15, 0.2) is 158 Å². The predicted octanol–water partition coefficient (Wildman–Crippen LogP) is 11.8. The first kappa shape index (κ1) is 27.5. The zero-order valence-corrected chi connectivity index (χ0v) is 26.4. The van der Waals surface area contributed by atoms with Crippen molar-refractivity contribution in [2.45, 2.75) is 19.3 Å². The third kappa shape index (κ3) is 4.33. The molecule has 0 amide bonds. The van der Waals surface area contributed by atoms with E-state index in [1.165, 1.54) is 54.9 Å². The van der Waals surface area contributed by atoms with Gasteiger partial charge in [0.2, 0.25) is 0 Å². The second-order valence-corrected chi connectivity index (χ2v) is 13.0. The Kier molecular flexibility index (Phi) is 6.20. The molecule has 0 spiro atoms. The van der Waals surface area contributed by atoms with E-state index in [9.17, 15) is 0 Å². The number of benzene rings is 7. The van der Waals surface area contributed by atoms with Gasteiger partial charge in [-0.3, -0.25) is 0 Å². The van der Waals surface area contributed by atoms with Crippen LogP contribution in [0.1, 0.15) is 25.0 Å². The minimum absolute atomic E-state index is 0.163. The van der Waals surface area contributed by atoms with Gasteiger partial charge in [0.15, 0.2) is 5.82 Å². The highest BCUT2D eigenvalue weighted by atomic mass is 14.9. The molecule has 0 radical (unpaired) electrons. The summed E-state index contributed by atoms with van der Waals surface area (Å²) >= 11 is 0. The summed E-state index contributed by atoms with van der Waals surface area (Å²) in [5.74, 6) is 0.725. The Morgan fingerprint density at radius 3 is 1.66 bits per heavy atom. The van der Waals surface area contributed by atoms with Gasteiger partial charge in [0, 0.05) is 22.1 Å². The molecular weight excluding hydrogens is 569 g/mol. The zero-order chi connectivity index (χ0) is 31.5. The molecule has 0 fully saturated rings. The van der Waals surface area contributed by atoms with Gasteiger partial charge in [-0.15, -0.1) is 0 Å². The number of rotatable bonds is 4. The molecule has 2 heteroatoms. The van der Waals surface area contributed by atoms with Crippen molar-refractivity contribution < 1.29 is 0 Å². The van der Waals surface area contributed by atoms with Gasteiger partial charge in [0.05, 0.1) is 11.4 Å². The first-order valence-electron chi connectivity index (χ1n) is 16.3. The molecule has 1 aliphatic carbocycles. The van der Waals surface area contributed by atoms with Gasteiger partial charge in [0.25, 0.3) is 0 Å². The van der Waals surface area contributed by atoms with Crippen molar-refractivity contribution in [2.24, 2.45) is 0 Å². The van der Waals surface area contributed by atoms with Crippen LogP contribution in [0.25, 0.3) is 77.7 Å². The molecular formula is C45H32N2. The van der Waals surface area contributed by atoms with Crippen LogP contribution in [-0.4, -0.2) is 9.97 Å². The summed E-state index contributed by atoms with van der Waals surface area (Å²) in [5.41, 5.74) is 12.8. The summed E-state index contributed by atoms with van der Waals surface area (Å²) in [4.78, 5) is 10.2. The van der Waals surface area contributed by atoms with Crippen molar-refractivity contribution in [1.82, 2.24) is 9.97 Å². The highest BCUT2D eigenvalue weighted by Crippen LogP contribution is 2.55. The first-order valence-corrected chi connectivity index (χ1v) is 16.3. The van der Waals surface area contributed by atoms with Gasteiger partial charge >= 0.3 is 0 Å². The van der Waals surface area contributed by atoms with Crippen molar-refractivity contribution in [1.29, 1.82) is 0 Å². The van der Waals surface area contributed by atoms with E-state index in [0.717, 1.165) is 33.9 Å². The average molecular weight is 601 g/mol. The number of nitrogens with zero attached hydrogens (tertiary/aromatic N) is 2. The molecule has 0 aliphatic heterocycles.